The van der Waals surface area contributed by atoms with Crippen LogP contribution in [0.1, 0.15) is 18.4 Å². The summed E-state index contributed by atoms with van der Waals surface area (Å²) < 4.78 is 40.0. The monoisotopic (exact) mass is 248 g/mol. The highest BCUT2D eigenvalue weighted by atomic mass is 19.4. The zero-order chi connectivity index (χ0) is 12.9. The Balaban J connectivity index is 2.67. The summed E-state index contributed by atoms with van der Waals surface area (Å²) in [5.41, 5.74) is 0.353. The van der Waals surface area contributed by atoms with Gasteiger partial charge in [0, 0.05) is 6.42 Å². The number of carbonyl (C=O) groups is 1. The Hall–Kier alpha value is -1.72. The zero-order valence-corrected chi connectivity index (χ0v) is 8.83. The Morgan fingerprint density at radius 3 is 2.53 bits per heavy atom. The average Bonchev–Trinajstić information content (AvgIpc) is 2.17. The molecule has 0 aliphatic heterocycles. The fourth-order valence-corrected chi connectivity index (χ4v) is 1.36. The fraction of sp³-hybridized carbons (Fsp3) is 0.364. The van der Waals surface area contributed by atoms with Crippen LogP contribution in [0.3, 0.4) is 0 Å². The van der Waals surface area contributed by atoms with E-state index in [2.05, 4.69) is 4.74 Å². The van der Waals surface area contributed by atoms with E-state index in [0.717, 1.165) is 0 Å². The molecule has 0 aliphatic rings. The lowest BCUT2D eigenvalue weighted by atomic mass is 10.1. The van der Waals surface area contributed by atoms with Crippen molar-refractivity contribution in [2.24, 2.45) is 0 Å². The van der Waals surface area contributed by atoms with Crippen molar-refractivity contribution in [2.75, 3.05) is 0 Å². The summed E-state index contributed by atoms with van der Waals surface area (Å²) in [4.78, 5) is 10.3. The lowest BCUT2D eigenvalue weighted by Gasteiger charge is -2.12. The van der Waals surface area contributed by atoms with Crippen LogP contribution in [0.2, 0.25) is 0 Å². The molecule has 0 saturated heterocycles. The normalized spacial score (nSPS) is 11.2. The highest BCUT2D eigenvalue weighted by Gasteiger charge is 2.31. The SMILES string of the molecule is O=C(O)CCCc1ccccc1OC(F)(F)F. The molecule has 0 unspecified atom stereocenters. The first-order valence-corrected chi connectivity index (χ1v) is 4.94. The van der Waals surface area contributed by atoms with Gasteiger partial charge in [-0.15, -0.1) is 13.2 Å². The molecule has 1 rings (SSSR count). The van der Waals surface area contributed by atoms with E-state index in [9.17, 15) is 18.0 Å². The van der Waals surface area contributed by atoms with Crippen LogP contribution < -0.4 is 4.74 Å². The third-order valence-electron chi connectivity index (χ3n) is 2.04. The Bertz CT molecular complexity index is 388. The second-order valence-electron chi connectivity index (χ2n) is 3.40. The minimum Gasteiger partial charge on any atom is -0.481 e. The van der Waals surface area contributed by atoms with Crippen molar-refractivity contribution in [3.8, 4) is 5.75 Å². The molecule has 0 heterocycles. The van der Waals surface area contributed by atoms with Gasteiger partial charge in [-0.05, 0) is 24.5 Å². The summed E-state index contributed by atoms with van der Waals surface area (Å²) in [6.45, 7) is 0. The van der Waals surface area contributed by atoms with Crippen molar-refractivity contribution in [2.45, 2.75) is 25.6 Å². The van der Waals surface area contributed by atoms with Crippen molar-refractivity contribution in [1.29, 1.82) is 0 Å². The lowest BCUT2D eigenvalue weighted by Crippen LogP contribution is -2.18. The quantitative estimate of drug-likeness (QED) is 0.871. The molecule has 1 N–H and O–H groups in total. The summed E-state index contributed by atoms with van der Waals surface area (Å²) in [5, 5.41) is 8.44. The van der Waals surface area contributed by atoms with E-state index in [0.29, 0.717) is 5.56 Å². The van der Waals surface area contributed by atoms with Crippen LogP contribution in [-0.4, -0.2) is 17.4 Å². The number of hydrogen-bond acceptors (Lipinski definition) is 2. The van der Waals surface area contributed by atoms with Gasteiger partial charge < -0.3 is 9.84 Å². The molecule has 0 spiro atoms. The molecule has 0 bridgehead atoms. The van der Waals surface area contributed by atoms with Crippen LogP contribution >= 0.6 is 0 Å². The maximum Gasteiger partial charge on any atom is 0.573 e. The van der Waals surface area contributed by atoms with Crippen molar-refractivity contribution in [3.63, 3.8) is 0 Å². The molecular formula is C11H11F3O3. The van der Waals surface area contributed by atoms with Gasteiger partial charge in [-0.3, -0.25) is 4.79 Å². The second kappa shape index (κ2) is 5.56. The standard InChI is InChI=1S/C11H11F3O3/c12-11(13,14)17-9-6-2-1-4-8(9)5-3-7-10(15)16/h1-2,4,6H,3,5,7H2,(H,15,16). The lowest BCUT2D eigenvalue weighted by molar-refractivity contribution is -0.274. The van der Waals surface area contributed by atoms with Crippen LogP contribution in [0.4, 0.5) is 13.2 Å². The van der Waals surface area contributed by atoms with Gasteiger partial charge in [-0.2, -0.15) is 0 Å². The highest BCUT2D eigenvalue weighted by molar-refractivity contribution is 5.66. The maximum atomic E-state index is 12.1. The van der Waals surface area contributed by atoms with Crippen LogP contribution in [0.25, 0.3) is 0 Å². The van der Waals surface area contributed by atoms with Gasteiger partial charge in [-0.1, -0.05) is 18.2 Å². The number of carboxylic acid groups (broad SMARTS) is 1. The van der Waals surface area contributed by atoms with E-state index >= 15 is 0 Å². The number of carboxylic acids is 1. The first-order valence-electron chi connectivity index (χ1n) is 4.94. The molecular weight excluding hydrogens is 237 g/mol. The average molecular weight is 248 g/mol. The number of hydrogen-bond donors (Lipinski definition) is 1. The number of ether oxygens (including phenoxy) is 1. The number of halogens is 3. The smallest absolute Gasteiger partial charge is 0.481 e. The maximum absolute atomic E-state index is 12.1. The van der Waals surface area contributed by atoms with Crippen molar-refractivity contribution in [3.05, 3.63) is 29.8 Å². The fourth-order valence-electron chi connectivity index (χ4n) is 1.36. The van der Waals surface area contributed by atoms with Gasteiger partial charge in [0.05, 0.1) is 0 Å². The number of rotatable bonds is 5. The zero-order valence-electron chi connectivity index (χ0n) is 8.83. The summed E-state index contributed by atoms with van der Waals surface area (Å²) in [7, 11) is 0. The molecule has 0 fully saturated rings. The van der Waals surface area contributed by atoms with E-state index in [4.69, 9.17) is 5.11 Å². The Morgan fingerprint density at radius 2 is 1.94 bits per heavy atom. The van der Waals surface area contributed by atoms with Crippen LogP contribution in [0.5, 0.6) is 5.75 Å². The molecule has 6 heteroatoms. The highest BCUT2D eigenvalue weighted by Crippen LogP contribution is 2.27. The molecule has 0 radical (unpaired) electrons. The molecule has 94 valence electrons. The number of benzene rings is 1. The van der Waals surface area contributed by atoms with Crippen molar-refractivity contribution in [1.82, 2.24) is 0 Å². The molecule has 3 nitrogen and oxygen atoms in total. The van der Waals surface area contributed by atoms with Gasteiger partial charge in [0.1, 0.15) is 5.75 Å². The van der Waals surface area contributed by atoms with Crippen LogP contribution in [-0.2, 0) is 11.2 Å². The molecule has 1 aromatic rings. The third kappa shape index (κ3) is 5.24. The van der Waals surface area contributed by atoms with E-state index in [1.54, 1.807) is 6.07 Å². The second-order valence-corrected chi connectivity index (χ2v) is 3.40. The van der Waals surface area contributed by atoms with E-state index in [-0.39, 0.29) is 25.0 Å². The van der Waals surface area contributed by atoms with Gasteiger partial charge >= 0.3 is 12.3 Å². The number of aliphatic carboxylic acids is 1. The van der Waals surface area contributed by atoms with Gasteiger partial charge in [0.25, 0.3) is 0 Å². The first-order chi connectivity index (χ1) is 7.88. The van der Waals surface area contributed by atoms with Crippen molar-refractivity contribution >= 4 is 5.97 Å². The summed E-state index contributed by atoms with van der Waals surface area (Å²) in [5.74, 6) is -1.25. The molecule has 1 aromatic carbocycles. The minimum absolute atomic E-state index is 0.0830. The first kappa shape index (κ1) is 13.3. The predicted molar refractivity (Wildman–Crippen MR) is 53.7 cm³/mol. The summed E-state index contributed by atoms with van der Waals surface area (Å²) in [6.07, 6.45) is -4.31. The minimum atomic E-state index is -4.73. The van der Waals surface area contributed by atoms with E-state index in [1.807, 2.05) is 0 Å². The van der Waals surface area contributed by atoms with Gasteiger partial charge in [0.15, 0.2) is 0 Å². The molecule has 0 amide bonds. The Kier molecular flexibility index (Phi) is 4.37. The van der Waals surface area contributed by atoms with Gasteiger partial charge in [-0.25, -0.2) is 0 Å². The van der Waals surface area contributed by atoms with Gasteiger partial charge in [0.2, 0.25) is 0 Å². The van der Waals surface area contributed by atoms with Crippen LogP contribution in [0, 0.1) is 0 Å². The summed E-state index contributed by atoms with van der Waals surface area (Å²) >= 11 is 0. The molecule has 0 aromatic heterocycles. The number of aryl methyl sites for hydroxylation is 1. The largest absolute Gasteiger partial charge is 0.573 e. The molecule has 0 atom stereocenters. The van der Waals surface area contributed by atoms with E-state index < -0.39 is 12.3 Å². The summed E-state index contributed by atoms with van der Waals surface area (Å²) in [6, 6.07) is 5.72. The predicted octanol–water partition coefficient (Wildman–Crippen LogP) is 2.99. The molecule has 0 aliphatic carbocycles. The van der Waals surface area contributed by atoms with Crippen molar-refractivity contribution < 1.29 is 27.8 Å². The Labute approximate surface area is 95.8 Å². The number of alkyl halides is 3. The molecule has 17 heavy (non-hydrogen) atoms. The third-order valence-corrected chi connectivity index (χ3v) is 2.04. The van der Waals surface area contributed by atoms with E-state index in [1.165, 1.54) is 18.2 Å². The number of para-hydroxylation sites is 1. The van der Waals surface area contributed by atoms with Crippen LogP contribution in [0.15, 0.2) is 24.3 Å². The molecule has 0 saturated carbocycles. The topological polar surface area (TPSA) is 46.5 Å². The Morgan fingerprint density at radius 1 is 1.29 bits per heavy atom.